The largest absolute Gasteiger partial charge is 0.508 e. The Morgan fingerprint density at radius 2 is 1.59 bits per heavy atom. The van der Waals surface area contributed by atoms with E-state index in [1.54, 1.807) is 6.07 Å². The molecule has 0 saturated heterocycles. The summed E-state index contributed by atoms with van der Waals surface area (Å²) in [5.41, 5.74) is 5.12. The van der Waals surface area contributed by atoms with Crippen LogP contribution in [0.4, 0.5) is 10.5 Å². The summed E-state index contributed by atoms with van der Waals surface area (Å²) in [6.45, 7) is 0. The van der Waals surface area contributed by atoms with Gasteiger partial charge in [-0.1, -0.05) is 23.2 Å². The van der Waals surface area contributed by atoms with Gasteiger partial charge in [0.1, 0.15) is 5.75 Å². The smallest absolute Gasteiger partial charge is 0.337 e. The Labute approximate surface area is 136 Å². The lowest BCUT2D eigenvalue weighted by molar-refractivity contribution is 0.0938. The fourth-order valence-corrected chi connectivity index (χ4v) is 1.83. The van der Waals surface area contributed by atoms with Crippen LogP contribution in [0.3, 0.4) is 0 Å². The lowest BCUT2D eigenvalue weighted by Gasteiger charge is -2.09. The zero-order valence-electron chi connectivity index (χ0n) is 11.1. The average Bonchev–Trinajstić information content (AvgIpc) is 2.49. The van der Waals surface area contributed by atoms with Crippen LogP contribution in [0.5, 0.6) is 5.75 Å². The molecule has 0 heterocycles. The molecule has 0 aliphatic carbocycles. The Morgan fingerprint density at radius 1 is 0.909 bits per heavy atom. The number of halogens is 2. The van der Waals surface area contributed by atoms with Crippen LogP contribution in [-0.4, -0.2) is 17.0 Å². The number of hydrogen-bond acceptors (Lipinski definition) is 3. The fraction of sp³-hybridized carbons (Fsp3) is 0. The van der Waals surface area contributed by atoms with Crippen molar-refractivity contribution in [2.45, 2.75) is 0 Å². The Bertz CT molecular complexity index is 705. The van der Waals surface area contributed by atoms with Crippen LogP contribution < -0.4 is 16.2 Å². The first-order valence-electron chi connectivity index (χ1n) is 6.07. The Balaban J connectivity index is 1.88. The molecule has 0 unspecified atom stereocenters. The topological polar surface area (TPSA) is 90.5 Å². The number of nitrogens with one attached hydrogen (secondary N) is 3. The van der Waals surface area contributed by atoms with Crippen LogP contribution in [0.15, 0.2) is 42.5 Å². The Kier molecular flexibility index (Phi) is 5.08. The lowest BCUT2D eigenvalue weighted by atomic mass is 10.2. The van der Waals surface area contributed by atoms with Crippen molar-refractivity contribution in [3.8, 4) is 5.75 Å². The number of phenolic OH excluding ortho intramolecular Hbond substituents is 1. The summed E-state index contributed by atoms with van der Waals surface area (Å²) in [5.74, 6) is -0.480. The molecule has 0 spiro atoms. The van der Waals surface area contributed by atoms with Crippen LogP contribution in [-0.2, 0) is 0 Å². The van der Waals surface area contributed by atoms with Gasteiger partial charge in [-0.15, -0.1) is 0 Å². The summed E-state index contributed by atoms with van der Waals surface area (Å²) in [7, 11) is 0. The van der Waals surface area contributed by atoms with E-state index >= 15 is 0 Å². The van der Waals surface area contributed by atoms with Gasteiger partial charge in [0.15, 0.2) is 0 Å². The molecule has 0 saturated carbocycles. The number of carbonyl (C=O) groups is 2. The predicted molar refractivity (Wildman–Crippen MR) is 84.2 cm³/mol. The van der Waals surface area contributed by atoms with Crippen LogP contribution >= 0.6 is 23.2 Å². The maximum absolute atomic E-state index is 11.7. The first-order valence-corrected chi connectivity index (χ1v) is 6.83. The van der Waals surface area contributed by atoms with E-state index in [1.807, 2.05) is 0 Å². The summed E-state index contributed by atoms with van der Waals surface area (Å²) in [4.78, 5) is 23.4. The number of phenols is 1. The van der Waals surface area contributed by atoms with Gasteiger partial charge in [0.2, 0.25) is 0 Å². The molecule has 6 nitrogen and oxygen atoms in total. The third kappa shape index (κ3) is 4.28. The van der Waals surface area contributed by atoms with Gasteiger partial charge in [0.05, 0.1) is 10.0 Å². The van der Waals surface area contributed by atoms with Crippen molar-refractivity contribution in [1.29, 1.82) is 0 Å². The third-order valence-electron chi connectivity index (χ3n) is 2.60. The molecule has 8 heteroatoms. The van der Waals surface area contributed by atoms with Gasteiger partial charge >= 0.3 is 6.03 Å². The molecule has 0 aliphatic rings. The second kappa shape index (κ2) is 7.02. The number of anilines is 1. The normalized spacial score (nSPS) is 9.91. The molecule has 0 bridgehead atoms. The third-order valence-corrected chi connectivity index (χ3v) is 3.34. The quantitative estimate of drug-likeness (QED) is 0.633. The van der Waals surface area contributed by atoms with Gasteiger partial charge in [-0.2, -0.15) is 0 Å². The van der Waals surface area contributed by atoms with Gasteiger partial charge in [0.25, 0.3) is 5.91 Å². The monoisotopic (exact) mass is 339 g/mol. The van der Waals surface area contributed by atoms with E-state index in [9.17, 15) is 9.59 Å². The van der Waals surface area contributed by atoms with E-state index in [2.05, 4.69) is 16.2 Å². The van der Waals surface area contributed by atoms with Crippen LogP contribution in [0, 0.1) is 0 Å². The highest BCUT2D eigenvalue weighted by Crippen LogP contribution is 2.24. The number of hydrazine groups is 1. The molecule has 0 fully saturated rings. The summed E-state index contributed by atoms with van der Waals surface area (Å²) in [6.07, 6.45) is 0. The van der Waals surface area contributed by atoms with E-state index < -0.39 is 11.9 Å². The highest BCUT2D eigenvalue weighted by Gasteiger charge is 2.08. The zero-order chi connectivity index (χ0) is 16.1. The highest BCUT2D eigenvalue weighted by molar-refractivity contribution is 6.42. The lowest BCUT2D eigenvalue weighted by Crippen LogP contribution is -2.43. The molecule has 2 rings (SSSR count). The maximum Gasteiger partial charge on any atom is 0.337 e. The number of aromatic hydroxyl groups is 1. The van der Waals surface area contributed by atoms with Crippen molar-refractivity contribution < 1.29 is 14.7 Å². The van der Waals surface area contributed by atoms with Gasteiger partial charge in [0, 0.05) is 11.3 Å². The van der Waals surface area contributed by atoms with E-state index in [0.29, 0.717) is 15.7 Å². The zero-order valence-corrected chi connectivity index (χ0v) is 12.6. The molecule has 3 amide bonds. The minimum atomic E-state index is -0.648. The number of benzene rings is 2. The van der Waals surface area contributed by atoms with Crippen LogP contribution in [0.25, 0.3) is 0 Å². The van der Waals surface area contributed by atoms with Crippen molar-refractivity contribution in [1.82, 2.24) is 10.9 Å². The molecule has 114 valence electrons. The van der Waals surface area contributed by atoms with E-state index in [-0.39, 0.29) is 11.3 Å². The van der Waals surface area contributed by atoms with Crippen molar-refractivity contribution in [3.05, 3.63) is 58.1 Å². The second-order valence-corrected chi connectivity index (χ2v) is 5.02. The highest BCUT2D eigenvalue weighted by atomic mass is 35.5. The van der Waals surface area contributed by atoms with E-state index in [0.717, 1.165) is 0 Å². The molecule has 0 radical (unpaired) electrons. The van der Waals surface area contributed by atoms with Gasteiger partial charge in [-0.25, -0.2) is 10.2 Å². The average molecular weight is 340 g/mol. The first kappa shape index (κ1) is 15.9. The van der Waals surface area contributed by atoms with Crippen LogP contribution in [0.2, 0.25) is 10.0 Å². The summed E-state index contributed by atoms with van der Waals surface area (Å²) < 4.78 is 0. The number of hydrogen-bond donors (Lipinski definition) is 4. The molecule has 0 aromatic heterocycles. The van der Waals surface area contributed by atoms with Gasteiger partial charge in [-0.3, -0.25) is 10.2 Å². The number of amides is 3. The van der Waals surface area contributed by atoms with Crippen molar-refractivity contribution in [2.75, 3.05) is 5.32 Å². The second-order valence-electron chi connectivity index (χ2n) is 4.21. The first-order chi connectivity index (χ1) is 10.5. The van der Waals surface area contributed by atoms with E-state index in [1.165, 1.54) is 36.4 Å². The SMILES string of the molecule is O=C(NNC(=O)c1ccc(O)cc1)Nc1ccc(Cl)c(Cl)c1. The minimum absolute atomic E-state index is 0.0434. The van der Waals surface area contributed by atoms with E-state index in [4.69, 9.17) is 28.3 Å². The van der Waals surface area contributed by atoms with Crippen molar-refractivity contribution >= 4 is 40.8 Å². The van der Waals surface area contributed by atoms with Gasteiger partial charge < -0.3 is 10.4 Å². The predicted octanol–water partition coefficient (Wildman–Crippen LogP) is 3.17. The molecular weight excluding hydrogens is 329 g/mol. The summed E-state index contributed by atoms with van der Waals surface area (Å²) in [5, 5.41) is 12.3. The Hall–Kier alpha value is -2.44. The number of urea groups is 1. The molecule has 22 heavy (non-hydrogen) atoms. The summed E-state index contributed by atoms with van der Waals surface area (Å²) >= 11 is 11.6. The molecule has 0 aliphatic heterocycles. The molecule has 0 atom stereocenters. The molecule has 2 aromatic carbocycles. The summed E-state index contributed by atoms with van der Waals surface area (Å²) in [6, 6.07) is 9.50. The molecular formula is C14H11Cl2N3O3. The van der Waals surface area contributed by atoms with Gasteiger partial charge in [-0.05, 0) is 42.5 Å². The Morgan fingerprint density at radius 3 is 2.23 bits per heavy atom. The van der Waals surface area contributed by atoms with Crippen molar-refractivity contribution in [2.24, 2.45) is 0 Å². The number of carbonyl (C=O) groups excluding carboxylic acids is 2. The molecule has 2 aromatic rings. The fourth-order valence-electron chi connectivity index (χ4n) is 1.53. The standard InChI is InChI=1S/C14H11Cl2N3O3/c15-11-6-3-9(7-12(11)16)17-14(22)19-18-13(21)8-1-4-10(20)5-2-8/h1-7,20H,(H,18,21)(H2,17,19,22). The van der Waals surface area contributed by atoms with Crippen molar-refractivity contribution in [3.63, 3.8) is 0 Å². The minimum Gasteiger partial charge on any atom is -0.508 e. The van der Waals surface area contributed by atoms with Crippen LogP contribution in [0.1, 0.15) is 10.4 Å². The number of rotatable bonds is 2. The maximum atomic E-state index is 11.7. The molecule has 4 N–H and O–H groups in total.